The van der Waals surface area contributed by atoms with Gasteiger partial charge in [0.2, 0.25) is 5.13 Å². The highest BCUT2D eigenvalue weighted by Gasteiger charge is 2.07. The van der Waals surface area contributed by atoms with Crippen LogP contribution in [0.15, 0.2) is 89.4 Å². The van der Waals surface area contributed by atoms with Crippen molar-refractivity contribution in [2.75, 3.05) is 5.43 Å². The highest BCUT2D eigenvalue weighted by atomic mass is 32.1. The summed E-state index contributed by atoms with van der Waals surface area (Å²) in [6, 6.07) is 24.8. The Hall–Kier alpha value is -3.24. The predicted molar refractivity (Wildman–Crippen MR) is 113 cm³/mol. The zero-order valence-corrected chi connectivity index (χ0v) is 14.9. The summed E-state index contributed by atoms with van der Waals surface area (Å²) in [5.74, 6) is 0. The summed E-state index contributed by atoms with van der Waals surface area (Å²) in [6.07, 6.45) is 5.64. The Labute approximate surface area is 156 Å². The van der Waals surface area contributed by atoms with Crippen LogP contribution in [0.1, 0.15) is 5.56 Å². The molecule has 1 N–H and O–H groups in total. The number of hydrogen-bond acceptors (Lipinski definition) is 4. The maximum absolute atomic E-state index is 4.66. The van der Waals surface area contributed by atoms with E-state index in [1.807, 2.05) is 30.4 Å². The Morgan fingerprint density at radius 2 is 1.69 bits per heavy atom. The van der Waals surface area contributed by atoms with Crippen molar-refractivity contribution in [3.05, 3.63) is 89.8 Å². The molecule has 0 bridgehead atoms. The fourth-order valence-electron chi connectivity index (χ4n) is 2.75. The topological polar surface area (TPSA) is 37.3 Å². The summed E-state index contributed by atoms with van der Waals surface area (Å²) < 4.78 is 0. The van der Waals surface area contributed by atoms with Crippen LogP contribution in [0, 0.1) is 0 Å². The van der Waals surface area contributed by atoms with Crippen molar-refractivity contribution < 1.29 is 0 Å². The SMILES string of the molecule is C(=C\c1ccccc1)/C=N/Nc1nc(-c2cccc3ccccc23)cs1. The number of hydrazone groups is 1. The van der Waals surface area contributed by atoms with Crippen LogP contribution in [0.2, 0.25) is 0 Å². The minimum absolute atomic E-state index is 0.775. The summed E-state index contributed by atoms with van der Waals surface area (Å²) in [6.45, 7) is 0. The van der Waals surface area contributed by atoms with E-state index in [-0.39, 0.29) is 0 Å². The molecular formula is C22H17N3S. The van der Waals surface area contributed by atoms with Gasteiger partial charge in [-0.25, -0.2) is 4.98 Å². The van der Waals surface area contributed by atoms with E-state index >= 15 is 0 Å². The lowest BCUT2D eigenvalue weighted by molar-refractivity contribution is 1.29. The molecule has 0 aliphatic carbocycles. The van der Waals surface area contributed by atoms with Crippen LogP contribution in [-0.2, 0) is 0 Å². The molecular weight excluding hydrogens is 338 g/mol. The van der Waals surface area contributed by atoms with Crippen molar-refractivity contribution in [2.24, 2.45) is 5.10 Å². The molecule has 3 nitrogen and oxygen atoms in total. The van der Waals surface area contributed by atoms with Gasteiger partial charge >= 0.3 is 0 Å². The van der Waals surface area contributed by atoms with E-state index in [1.165, 1.54) is 10.8 Å². The van der Waals surface area contributed by atoms with Crippen molar-refractivity contribution >= 4 is 39.5 Å². The lowest BCUT2D eigenvalue weighted by Gasteiger charge is -2.03. The molecule has 0 saturated carbocycles. The van der Waals surface area contributed by atoms with Gasteiger partial charge in [0.1, 0.15) is 0 Å². The van der Waals surface area contributed by atoms with Crippen molar-refractivity contribution in [3.63, 3.8) is 0 Å². The zero-order chi connectivity index (χ0) is 17.6. The number of benzene rings is 3. The van der Waals surface area contributed by atoms with Crippen LogP contribution in [0.5, 0.6) is 0 Å². The predicted octanol–water partition coefficient (Wildman–Crippen LogP) is 6.07. The van der Waals surface area contributed by atoms with Gasteiger partial charge in [0.15, 0.2) is 0 Å². The number of nitrogens with zero attached hydrogens (tertiary/aromatic N) is 2. The van der Waals surface area contributed by atoms with E-state index in [0.29, 0.717) is 0 Å². The summed E-state index contributed by atoms with van der Waals surface area (Å²) in [5, 5.41) is 9.47. The second kappa shape index (κ2) is 7.76. The lowest BCUT2D eigenvalue weighted by atomic mass is 10.0. The van der Waals surface area contributed by atoms with E-state index in [0.717, 1.165) is 22.0 Å². The molecule has 0 spiro atoms. The molecule has 0 saturated heterocycles. The standard InChI is InChI=1S/C22H17N3S/c1-2-8-17(9-3-1)10-7-15-23-25-22-24-21(16-26-22)20-14-6-12-18-11-4-5-13-19(18)20/h1-16H,(H,24,25)/b10-7+,23-15+. The molecule has 0 aliphatic rings. The second-order valence-corrected chi connectivity index (χ2v) is 6.58. The van der Waals surface area contributed by atoms with Gasteiger partial charge in [-0.15, -0.1) is 11.3 Å². The molecule has 3 aromatic carbocycles. The van der Waals surface area contributed by atoms with Gasteiger partial charge in [-0.1, -0.05) is 78.9 Å². The van der Waals surface area contributed by atoms with Crippen LogP contribution in [0.3, 0.4) is 0 Å². The Bertz CT molecular complexity index is 1060. The van der Waals surface area contributed by atoms with Crippen LogP contribution < -0.4 is 5.43 Å². The molecule has 0 fully saturated rings. The molecule has 1 heterocycles. The first-order valence-electron chi connectivity index (χ1n) is 8.34. The molecule has 0 unspecified atom stereocenters. The highest BCUT2D eigenvalue weighted by Crippen LogP contribution is 2.30. The van der Waals surface area contributed by atoms with Gasteiger partial charge in [0, 0.05) is 17.2 Å². The van der Waals surface area contributed by atoms with E-state index in [2.05, 4.69) is 75.5 Å². The third-order valence-corrected chi connectivity index (χ3v) is 4.73. The summed E-state index contributed by atoms with van der Waals surface area (Å²) in [5.41, 5.74) is 6.24. The molecule has 4 aromatic rings. The first-order valence-corrected chi connectivity index (χ1v) is 9.22. The molecule has 4 rings (SSSR count). The van der Waals surface area contributed by atoms with Gasteiger partial charge in [0.05, 0.1) is 5.69 Å². The molecule has 4 heteroatoms. The van der Waals surface area contributed by atoms with Gasteiger partial charge in [-0.2, -0.15) is 5.10 Å². The number of thiazole rings is 1. The maximum atomic E-state index is 4.66. The molecule has 0 amide bonds. The summed E-state index contributed by atoms with van der Waals surface area (Å²) >= 11 is 1.55. The third kappa shape index (κ3) is 3.71. The van der Waals surface area contributed by atoms with Gasteiger partial charge < -0.3 is 0 Å². The maximum Gasteiger partial charge on any atom is 0.203 e. The Morgan fingerprint density at radius 3 is 2.62 bits per heavy atom. The van der Waals surface area contributed by atoms with Gasteiger partial charge in [-0.05, 0) is 22.4 Å². The quantitative estimate of drug-likeness (QED) is 0.348. The molecule has 1 aromatic heterocycles. The van der Waals surface area contributed by atoms with Gasteiger partial charge in [-0.3, -0.25) is 5.43 Å². The minimum atomic E-state index is 0.775. The first kappa shape index (κ1) is 16.2. The number of hydrogen-bond donors (Lipinski definition) is 1. The summed E-state index contributed by atoms with van der Waals surface area (Å²) in [7, 11) is 0. The largest absolute Gasteiger partial charge is 0.253 e. The first-order chi connectivity index (χ1) is 12.9. The second-order valence-electron chi connectivity index (χ2n) is 5.72. The van der Waals surface area contributed by atoms with Crippen molar-refractivity contribution in [1.82, 2.24) is 4.98 Å². The Morgan fingerprint density at radius 1 is 0.885 bits per heavy atom. The number of allylic oxidation sites excluding steroid dienone is 1. The molecule has 126 valence electrons. The average molecular weight is 355 g/mol. The fourth-order valence-corrected chi connectivity index (χ4v) is 3.41. The van der Waals surface area contributed by atoms with Gasteiger partial charge in [0.25, 0.3) is 0 Å². The van der Waals surface area contributed by atoms with Crippen LogP contribution in [-0.4, -0.2) is 11.2 Å². The van der Waals surface area contributed by atoms with E-state index in [1.54, 1.807) is 17.6 Å². The Balaban J connectivity index is 1.46. The van der Waals surface area contributed by atoms with Crippen molar-refractivity contribution in [1.29, 1.82) is 0 Å². The zero-order valence-electron chi connectivity index (χ0n) is 14.0. The average Bonchev–Trinajstić information content (AvgIpc) is 3.17. The molecule has 0 atom stereocenters. The third-order valence-electron chi connectivity index (χ3n) is 3.98. The lowest BCUT2D eigenvalue weighted by Crippen LogP contribution is -1.88. The molecule has 0 aliphatic heterocycles. The number of anilines is 1. The fraction of sp³-hybridized carbons (Fsp3) is 0. The number of rotatable bonds is 5. The summed E-state index contributed by atoms with van der Waals surface area (Å²) in [4.78, 5) is 4.66. The Kier molecular flexibility index (Phi) is 4.85. The normalized spacial score (nSPS) is 11.5. The van der Waals surface area contributed by atoms with Crippen LogP contribution in [0.25, 0.3) is 28.1 Å². The molecule has 26 heavy (non-hydrogen) atoms. The van der Waals surface area contributed by atoms with Crippen molar-refractivity contribution in [2.45, 2.75) is 0 Å². The van der Waals surface area contributed by atoms with Crippen molar-refractivity contribution in [3.8, 4) is 11.3 Å². The number of aromatic nitrogens is 1. The number of nitrogens with one attached hydrogen (secondary N) is 1. The minimum Gasteiger partial charge on any atom is -0.253 e. The van der Waals surface area contributed by atoms with E-state index in [4.69, 9.17) is 0 Å². The monoisotopic (exact) mass is 355 g/mol. The van der Waals surface area contributed by atoms with E-state index in [9.17, 15) is 0 Å². The smallest absolute Gasteiger partial charge is 0.203 e. The van der Waals surface area contributed by atoms with E-state index < -0.39 is 0 Å². The number of fused-ring (bicyclic) bond motifs is 1. The highest BCUT2D eigenvalue weighted by molar-refractivity contribution is 7.14. The van der Waals surface area contributed by atoms with Crippen LogP contribution in [0.4, 0.5) is 5.13 Å². The van der Waals surface area contributed by atoms with Crippen LogP contribution >= 0.6 is 11.3 Å². The molecule has 0 radical (unpaired) electrons.